The van der Waals surface area contributed by atoms with Gasteiger partial charge in [-0.2, -0.15) is 0 Å². The van der Waals surface area contributed by atoms with Crippen LogP contribution in [0.15, 0.2) is 12.1 Å². The van der Waals surface area contributed by atoms with Gasteiger partial charge in [-0.15, -0.1) is 11.8 Å². The highest BCUT2D eigenvalue weighted by atomic mass is 32.2. The Kier molecular flexibility index (Phi) is 5.94. The molecule has 2 heterocycles. The number of benzene rings is 1. The van der Waals surface area contributed by atoms with Gasteiger partial charge in [0.25, 0.3) is 0 Å². The number of fused-ring (bicyclic) bond motifs is 1. The lowest BCUT2D eigenvalue weighted by atomic mass is 9.78. The van der Waals surface area contributed by atoms with E-state index in [0.717, 1.165) is 16.7 Å². The van der Waals surface area contributed by atoms with Gasteiger partial charge in [0, 0.05) is 4.75 Å². The number of amides is 1. The van der Waals surface area contributed by atoms with Gasteiger partial charge in [-0.1, -0.05) is 41.5 Å². The van der Waals surface area contributed by atoms with Crippen LogP contribution in [-0.2, 0) is 31.8 Å². The monoisotopic (exact) mass is 449 g/mol. The van der Waals surface area contributed by atoms with Crippen LogP contribution in [0.4, 0.5) is 0 Å². The lowest BCUT2D eigenvalue weighted by Gasteiger charge is -2.43. The van der Waals surface area contributed by atoms with Gasteiger partial charge in [0.05, 0.1) is 17.9 Å². The van der Waals surface area contributed by atoms with Gasteiger partial charge >= 0.3 is 5.97 Å². The number of phenolic OH excluding ortho intramolecular Hbond substituents is 1. The molecule has 2 N–H and O–H groups in total. The maximum absolute atomic E-state index is 13.1. The molecule has 1 amide bonds. The first-order chi connectivity index (χ1) is 14.1. The molecule has 2 fully saturated rings. The Hall–Kier alpha value is -1.73. The number of ether oxygens (including phenoxy) is 1. The van der Waals surface area contributed by atoms with E-state index in [1.807, 2.05) is 67.5 Å². The van der Waals surface area contributed by atoms with Crippen LogP contribution in [0.2, 0.25) is 0 Å². The van der Waals surface area contributed by atoms with Crippen LogP contribution in [0.3, 0.4) is 0 Å². The van der Waals surface area contributed by atoms with Crippen LogP contribution >= 0.6 is 11.8 Å². The summed E-state index contributed by atoms with van der Waals surface area (Å²) in [5, 5.41) is 20.2. The Morgan fingerprint density at radius 3 is 2.10 bits per heavy atom. The standard InChI is InChI=1S/C24H35NO5S/c1-22(2,3)15-9-13(10-16(17(15)27)23(4,5)6)12-30-21(29)18-24(7,8)31-20-14(11-26)19(28)25(18)20/h9-10,14,18,20,26-27H,11-12H2,1-8H3/t14-,18+,20-/m1/s1. The molecule has 2 aliphatic heterocycles. The predicted octanol–water partition coefficient (Wildman–Crippen LogP) is 3.70. The Morgan fingerprint density at radius 2 is 1.65 bits per heavy atom. The normalized spacial score (nSPS) is 25.3. The third-order valence-corrected chi connectivity index (χ3v) is 7.77. The van der Waals surface area contributed by atoms with Crippen LogP contribution in [0.5, 0.6) is 5.75 Å². The van der Waals surface area contributed by atoms with E-state index in [0.29, 0.717) is 0 Å². The number of hydrogen-bond acceptors (Lipinski definition) is 6. The quantitative estimate of drug-likeness (QED) is 0.538. The van der Waals surface area contributed by atoms with Gasteiger partial charge in [-0.3, -0.25) is 4.79 Å². The van der Waals surface area contributed by atoms with Crippen molar-refractivity contribution in [3.63, 3.8) is 0 Å². The Bertz CT molecular complexity index is 861. The van der Waals surface area contributed by atoms with Crippen LogP contribution in [0, 0.1) is 5.92 Å². The summed E-state index contributed by atoms with van der Waals surface area (Å²) in [6.45, 7) is 15.9. The van der Waals surface area contributed by atoms with E-state index in [9.17, 15) is 19.8 Å². The first kappa shape index (κ1) is 23.9. The summed E-state index contributed by atoms with van der Waals surface area (Å²) in [7, 11) is 0. The third kappa shape index (κ3) is 4.19. The van der Waals surface area contributed by atoms with Crippen LogP contribution in [0.25, 0.3) is 0 Å². The zero-order chi connectivity index (χ0) is 23.5. The number of aliphatic hydroxyl groups is 1. The fourth-order valence-electron chi connectivity index (χ4n) is 4.39. The van der Waals surface area contributed by atoms with Crippen LogP contribution in [0.1, 0.15) is 72.1 Å². The predicted molar refractivity (Wildman–Crippen MR) is 122 cm³/mol. The minimum atomic E-state index is -0.681. The van der Waals surface area contributed by atoms with E-state index >= 15 is 0 Å². The van der Waals surface area contributed by atoms with Gasteiger partial charge in [-0.25, -0.2) is 4.79 Å². The summed E-state index contributed by atoms with van der Waals surface area (Å²) in [5.74, 6) is -0.787. The molecule has 0 bridgehead atoms. The van der Waals surface area contributed by atoms with Crippen molar-refractivity contribution >= 4 is 23.6 Å². The van der Waals surface area contributed by atoms with Crippen LogP contribution < -0.4 is 0 Å². The maximum Gasteiger partial charge on any atom is 0.330 e. The maximum atomic E-state index is 13.1. The fraction of sp³-hybridized carbons (Fsp3) is 0.667. The Morgan fingerprint density at radius 1 is 1.13 bits per heavy atom. The molecule has 0 aliphatic carbocycles. The van der Waals surface area contributed by atoms with E-state index in [4.69, 9.17) is 4.74 Å². The molecular formula is C24H35NO5S. The summed E-state index contributed by atoms with van der Waals surface area (Å²) in [4.78, 5) is 27.0. The summed E-state index contributed by atoms with van der Waals surface area (Å²) in [5.41, 5.74) is 1.89. The lowest BCUT2D eigenvalue weighted by molar-refractivity contribution is -0.168. The molecule has 31 heavy (non-hydrogen) atoms. The second kappa shape index (κ2) is 7.69. The van der Waals surface area contributed by atoms with Crippen molar-refractivity contribution in [3.8, 4) is 5.75 Å². The second-order valence-corrected chi connectivity index (χ2v) is 13.0. The van der Waals surface area contributed by atoms with Crippen molar-refractivity contribution in [1.29, 1.82) is 0 Å². The summed E-state index contributed by atoms with van der Waals surface area (Å²) < 4.78 is 5.21. The summed E-state index contributed by atoms with van der Waals surface area (Å²) in [6, 6.07) is 3.11. The van der Waals surface area contributed by atoms with Crippen LogP contribution in [-0.4, -0.2) is 49.8 Å². The number of β-lactam (4-membered cyclic amide) rings is 1. The molecule has 0 unspecified atom stereocenters. The van der Waals surface area contributed by atoms with Crippen molar-refractivity contribution in [2.75, 3.05) is 6.61 Å². The number of hydrogen-bond donors (Lipinski definition) is 2. The lowest BCUT2D eigenvalue weighted by Crippen LogP contribution is -2.63. The minimum absolute atomic E-state index is 0.0681. The SMILES string of the molecule is CC(C)(C)c1cc(COC(=O)[C@@H]2N3C(=O)[C@@H](CO)[C@H]3SC2(C)C)cc(C(C)(C)C)c1O. The van der Waals surface area contributed by atoms with Crippen molar-refractivity contribution in [3.05, 3.63) is 28.8 Å². The van der Waals surface area contributed by atoms with Crippen molar-refractivity contribution in [2.45, 2.75) is 89.0 Å². The molecule has 0 spiro atoms. The number of aliphatic hydroxyl groups excluding tert-OH is 1. The van der Waals surface area contributed by atoms with Gasteiger partial charge in [-0.05, 0) is 53.5 Å². The van der Waals surface area contributed by atoms with Gasteiger partial charge < -0.3 is 19.8 Å². The molecule has 0 aromatic heterocycles. The smallest absolute Gasteiger partial charge is 0.330 e. The van der Waals surface area contributed by atoms with Gasteiger partial charge in [0.2, 0.25) is 5.91 Å². The Balaban J connectivity index is 1.84. The molecular weight excluding hydrogens is 414 g/mol. The number of rotatable bonds is 4. The number of thioether (sulfide) groups is 1. The molecule has 1 aromatic carbocycles. The van der Waals surface area contributed by atoms with Crippen molar-refractivity contribution in [2.24, 2.45) is 5.92 Å². The molecule has 3 rings (SSSR count). The zero-order valence-corrected chi connectivity index (χ0v) is 20.6. The highest BCUT2D eigenvalue weighted by Crippen LogP contribution is 2.53. The molecule has 1 aromatic rings. The number of aromatic hydroxyl groups is 1. The average molecular weight is 450 g/mol. The average Bonchev–Trinajstić information content (AvgIpc) is 2.86. The topological polar surface area (TPSA) is 87.1 Å². The zero-order valence-electron chi connectivity index (χ0n) is 19.8. The summed E-state index contributed by atoms with van der Waals surface area (Å²) in [6.07, 6.45) is 0. The number of carbonyl (C=O) groups is 2. The van der Waals surface area contributed by atoms with Gasteiger partial charge in [0.15, 0.2) is 0 Å². The second-order valence-electron chi connectivity index (χ2n) is 11.2. The Labute approximate surface area is 189 Å². The molecule has 172 valence electrons. The van der Waals surface area contributed by atoms with E-state index in [2.05, 4.69) is 0 Å². The number of nitrogens with zero attached hydrogens (tertiary/aromatic N) is 1. The molecule has 6 nitrogen and oxygen atoms in total. The molecule has 0 saturated carbocycles. The van der Waals surface area contributed by atoms with Crippen molar-refractivity contribution in [1.82, 2.24) is 4.90 Å². The molecule has 0 radical (unpaired) electrons. The van der Waals surface area contributed by atoms with E-state index < -0.39 is 22.7 Å². The fourth-order valence-corrected chi connectivity index (χ4v) is 6.06. The largest absolute Gasteiger partial charge is 0.507 e. The third-order valence-electron chi connectivity index (χ3n) is 6.14. The molecule has 2 aliphatic rings. The summed E-state index contributed by atoms with van der Waals surface area (Å²) >= 11 is 1.54. The first-order valence-electron chi connectivity index (χ1n) is 10.7. The highest BCUT2D eigenvalue weighted by molar-refractivity contribution is 8.01. The number of carbonyl (C=O) groups excluding carboxylic acids is 2. The highest BCUT2D eigenvalue weighted by Gasteiger charge is 2.63. The van der Waals surface area contributed by atoms with E-state index in [1.54, 1.807) is 4.90 Å². The number of phenols is 1. The molecule has 7 heteroatoms. The van der Waals surface area contributed by atoms with Gasteiger partial charge in [0.1, 0.15) is 18.4 Å². The van der Waals surface area contributed by atoms with Crippen molar-refractivity contribution < 1.29 is 24.5 Å². The minimum Gasteiger partial charge on any atom is -0.507 e. The molecule has 3 atom stereocenters. The number of esters is 1. The molecule has 2 saturated heterocycles. The van der Waals surface area contributed by atoms with E-state index in [1.165, 1.54) is 11.8 Å². The van der Waals surface area contributed by atoms with E-state index in [-0.39, 0.29) is 41.1 Å². The first-order valence-corrected chi connectivity index (χ1v) is 11.6.